The molecule has 1 aliphatic heterocycles. The van der Waals surface area contributed by atoms with E-state index in [0.29, 0.717) is 37.6 Å². The molecule has 0 bridgehead atoms. The minimum atomic E-state index is -3.49. The molecule has 0 radical (unpaired) electrons. The number of rotatable bonds is 6. The van der Waals surface area contributed by atoms with Crippen LogP contribution in [0.1, 0.15) is 43.2 Å². The molecule has 1 saturated heterocycles. The average molecular weight is 420 g/mol. The van der Waals surface area contributed by atoms with Crippen molar-refractivity contribution < 1.29 is 13.2 Å². The molecule has 3 aliphatic rings. The summed E-state index contributed by atoms with van der Waals surface area (Å²) < 4.78 is 27.6. The molecule has 1 amide bonds. The first kappa shape index (κ1) is 20.8. The molecule has 1 aromatic carbocycles. The number of hydrogen-bond donors (Lipinski definition) is 0. The maximum atomic E-state index is 13.0. The first-order valence-electron chi connectivity index (χ1n) is 11.0. The summed E-state index contributed by atoms with van der Waals surface area (Å²) in [5.41, 5.74) is 2.45. The summed E-state index contributed by atoms with van der Waals surface area (Å²) in [5, 5.41) is 0. The third-order valence-electron chi connectivity index (χ3n) is 6.75. The number of amides is 1. The fourth-order valence-corrected chi connectivity index (χ4v) is 6.54. The summed E-state index contributed by atoms with van der Waals surface area (Å²) in [7, 11) is -1.47. The highest BCUT2D eigenvalue weighted by Gasteiger charge is 2.31. The van der Waals surface area contributed by atoms with E-state index in [1.807, 2.05) is 24.1 Å². The van der Waals surface area contributed by atoms with Gasteiger partial charge in [0.05, 0.1) is 11.4 Å². The molecule has 7 heteroatoms. The van der Waals surface area contributed by atoms with Crippen molar-refractivity contribution in [2.45, 2.75) is 49.8 Å². The van der Waals surface area contributed by atoms with E-state index in [-0.39, 0.29) is 5.91 Å². The smallest absolute Gasteiger partial charge is 0.243 e. The van der Waals surface area contributed by atoms with Crippen molar-refractivity contribution in [3.05, 3.63) is 29.3 Å². The van der Waals surface area contributed by atoms with E-state index in [4.69, 9.17) is 0 Å². The number of nitrogens with zero attached hydrogens (tertiary/aromatic N) is 3. The lowest BCUT2D eigenvalue weighted by Crippen LogP contribution is -2.52. The Labute approximate surface area is 174 Å². The number of piperazine rings is 1. The maximum Gasteiger partial charge on any atom is 0.243 e. The largest absolute Gasteiger partial charge is 0.339 e. The summed E-state index contributed by atoms with van der Waals surface area (Å²) >= 11 is 0. The highest BCUT2D eigenvalue weighted by molar-refractivity contribution is 7.89. The SMILES string of the molecule is CN(CC(=O)N1CCN(S(=O)(=O)c2ccc3c(c2)CCC3)CC1)CC1CCCC1. The summed E-state index contributed by atoms with van der Waals surface area (Å²) in [4.78, 5) is 17.0. The van der Waals surface area contributed by atoms with E-state index in [0.717, 1.165) is 31.7 Å². The predicted molar refractivity (Wildman–Crippen MR) is 113 cm³/mol. The third kappa shape index (κ3) is 4.67. The van der Waals surface area contributed by atoms with Crippen LogP contribution in [-0.4, -0.2) is 74.7 Å². The molecule has 0 spiro atoms. The molecule has 0 unspecified atom stereocenters. The first-order chi connectivity index (χ1) is 13.9. The number of carbonyl (C=O) groups excluding carboxylic acids is 1. The Balaban J connectivity index is 1.30. The van der Waals surface area contributed by atoms with E-state index >= 15 is 0 Å². The molecule has 1 saturated carbocycles. The number of hydrogen-bond acceptors (Lipinski definition) is 4. The lowest BCUT2D eigenvalue weighted by Gasteiger charge is -2.35. The number of carbonyl (C=O) groups is 1. The van der Waals surface area contributed by atoms with Crippen molar-refractivity contribution in [2.24, 2.45) is 5.92 Å². The Kier molecular flexibility index (Phi) is 6.27. The van der Waals surface area contributed by atoms with Gasteiger partial charge in [-0.05, 0) is 68.3 Å². The zero-order valence-electron chi connectivity index (χ0n) is 17.5. The summed E-state index contributed by atoms with van der Waals surface area (Å²) in [5.74, 6) is 0.835. The highest BCUT2D eigenvalue weighted by Crippen LogP contribution is 2.27. The summed E-state index contributed by atoms with van der Waals surface area (Å²) in [6.07, 6.45) is 8.30. The Morgan fingerprint density at radius 3 is 2.45 bits per heavy atom. The van der Waals surface area contributed by atoms with Crippen LogP contribution in [0.15, 0.2) is 23.1 Å². The second-order valence-corrected chi connectivity index (χ2v) is 10.9. The van der Waals surface area contributed by atoms with Crippen LogP contribution in [0.5, 0.6) is 0 Å². The molecule has 0 atom stereocenters. The molecule has 1 heterocycles. The van der Waals surface area contributed by atoms with Gasteiger partial charge in [0, 0.05) is 32.7 Å². The van der Waals surface area contributed by atoms with Crippen LogP contribution < -0.4 is 0 Å². The van der Waals surface area contributed by atoms with Gasteiger partial charge < -0.3 is 4.90 Å². The van der Waals surface area contributed by atoms with E-state index in [1.54, 1.807) is 6.07 Å². The fourth-order valence-electron chi connectivity index (χ4n) is 5.06. The van der Waals surface area contributed by atoms with Crippen molar-refractivity contribution in [3.63, 3.8) is 0 Å². The second kappa shape index (κ2) is 8.74. The van der Waals surface area contributed by atoms with E-state index in [9.17, 15) is 13.2 Å². The van der Waals surface area contributed by atoms with E-state index in [2.05, 4.69) is 4.90 Å². The van der Waals surface area contributed by atoms with Crippen molar-refractivity contribution in [3.8, 4) is 0 Å². The molecular weight excluding hydrogens is 386 g/mol. The lowest BCUT2D eigenvalue weighted by molar-refractivity contribution is -0.133. The van der Waals surface area contributed by atoms with Gasteiger partial charge in [-0.2, -0.15) is 4.31 Å². The molecule has 2 aliphatic carbocycles. The van der Waals surface area contributed by atoms with Gasteiger partial charge in [-0.25, -0.2) is 8.42 Å². The molecule has 2 fully saturated rings. The number of benzene rings is 1. The van der Waals surface area contributed by atoms with Gasteiger partial charge in [-0.1, -0.05) is 18.9 Å². The van der Waals surface area contributed by atoms with Crippen LogP contribution in [0.25, 0.3) is 0 Å². The monoisotopic (exact) mass is 419 g/mol. The minimum Gasteiger partial charge on any atom is -0.339 e. The normalized spacial score (nSPS) is 21.1. The Bertz CT molecular complexity index is 841. The highest BCUT2D eigenvalue weighted by atomic mass is 32.2. The third-order valence-corrected chi connectivity index (χ3v) is 8.64. The molecular formula is C22H33N3O3S. The quantitative estimate of drug-likeness (QED) is 0.709. The van der Waals surface area contributed by atoms with Gasteiger partial charge in [-0.15, -0.1) is 0 Å². The zero-order valence-corrected chi connectivity index (χ0v) is 18.3. The molecule has 4 rings (SSSR count). The topological polar surface area (TPSA) is 60.9 Å². The van der Waals surface area contributed by atoms with Gasteiger partial charge in [0.1, 0.15) is 0 Å². The van der Waals surface area contributed by atoms with Gasteiger partial charge in [0.25, 0.3) is 0 Å². The zero-order chi connectivity index (χ0) is 20.4. The van der Waals surface area contributed by atoms with Crippen molar-refractivity contribution in [1.82, 2.24) is 14.1 Å². The Hall–Kier alpha value is -1.44. The van der Waals surface area contributed by atoms with Gasteiger partial charge in [0.2, 0.25) is 15.9 Å². The van der Waals surface area contributed by atoms with Crippen molar-refractivity contribution >= 4 is 15.9 Å². The van der Waals surface area contributed by atoms with Crippen LogP contribution in [0.3, 0.4) is 0 Å². The average Bonchev–Trinajstić information content (AvgIpc) is 3.39. The molecule has 1 aromatic rings. The fraction of sp³-hybridized carbons (Fsp3) is 0.682. The van der Waals surface area contributed by atoms with Gasteiger partial charge in [-0.3, -0.25) is 9.69 Å². The van der Waals surface area contributed by atoms with Gasteiger partial charge in [0.15, 0.2) is 0 Å². The van der Waals surface area contributed by atoms with Gasteiger partial charge >= 0.3 is 0 Å². The first-order valence-corrected chi connectivity index (χ1v) is 12.5. The van der Waals surface area contributed by atoms with Crippen molar-refractivity contribution in [1.29, 1.82) is 0 Å². The minimum absolute atomic E-state index is 0.111. The number of sulfonamides is 1. The molecule has 0 aromatic heterocycles. The predicted octanol–water partition coefficient (Wildman–Crippen LogP) is 2.13. The van der Waals surface area contributed by atoms with Crippen molar-refractivity contribution in [2.75, 3.05) is 46.3 Å². The second-order valence-electron chi connectivity index (χ2n) is 8.92. The summed E-state index contributed by atoms with van der Waals surface area (Å²) in [6.45, 7) is 3.10. The van der Waals surface area contributed by atoms with Crippen LogP contribution in [0.2, 0.25) is 0 Å². The Morgan fingerprint density at radius 1 is 1.03 bits per heavy atom. The number of likely N-dealkylation sites (N-methyl/N-ethyl adjacent to an activating group) is 1. The van der Waals surface area contributed by atoms with Crippen LogP contribution in [0.4, 0.5) is 0 Å². The maximum absolute atomic E-state index is 13.0. The molecule has 160 valence electrons. The molecule has 0 N–H and O–H groups in total. The number of fused-ring (bicyclic) bond motifs is 1. The Morgan fingerprint density at radius 2 is 1.72 bits per heavy atom. The van der Waals surface area contributed by atoms with Crippen LogP contribution in [-0.2, 0) is 27.7 Å². The lowest BCUT2D eigenvalue weighted by atomic mass is 10.1. The van der Waals surface area contributed by atoms with E-state index in [1.165, 1.54) is 41.1 Å². The molecule has 6 nitrogen and oxygen atoms in total. The summed E-state index contributed by atoms with van der Waals surface area (Å²) in [6, 6.07) is 5.57. The van der Waals surface area contributed by atoms with Crippen LogP contribution in [0, 0.1) is 5.92 Å². The molecule has 29 heavy (non-hydrogen) atoms. The number of aryl methyl sites for hydroxylation is 2. The standard InChI is InChI=1S/C22H33N3O3S/c1-23(16-18-5-2-3-6-18)17-22(26)24-11-13-25(14-12-24)29(27,28)21-10-9-19-7-4-8-20(19)15-21/h9-10,15,18H,2-8,11-14,16-17H2,1H3. The van der Waals surface area contributed by atoms with E-state index < -0.39 is 10.0 Å². The van der Waals surface area contributed by atoms with Crippen LogP contribution >= 0.6 is 0 Å².